The monoisotopic (exact) mass is 476 g/mol. The smallest absolute Gasteiger partial charge is 1.00 e. The standard InChI is InChI=1S/2C5H5.4ClH.2Rh/c2*1-2-4-5-3-1;;;;;;/h2*1-5H;4*1H;;/q;;;;;;2*+3/p-4. The van der Waals surface area contributed by atoms with Crippen molar-refractivity contribution in [3.63, 3.8) is 0 Å². The van der Waals surface area contributed by atoms with Crippen LogP contribution in [0.5, 0.6) is 0 Å². The Bertz CT molecular complexity index is 54.0. The average molecular weight is 478 g/mol. The van der Waals surface area contributed by atoms with E-state index in [-0.39, 0.29) is 88.6 Å². The van der Waals surface area contributed by atoms with Crippen LogP contribution in [0.2, 0.25) is 0 Å². The first-order valence-electron chi connectivity index (χ1n) is 3.33. The fourth-order valence-electron chi connectivity index (χ4n) is 0.642. The molecule has 94 valence electrons. The molecule has 0 aromatic heterocycles. The van der Waals surface area contributed by atoms with Crippen LogP contribution in [0, 0.1) is 64.2 Å². The molecule has 6 heteroatoms. The molecule has 0 bridgehead atoms. The molecular formula is C10H10Cl4Rh2+2. The summed E-state index contributed by atoms with van der Waals surface area (Å²) in [5.41, 5.74) is 0. The van der Waals surface area contributed by atoms with E-state index < -0.39 is 0 Å². The van der Waals surface area contributed by atoms with Gasteiger partial charge in [-0.3, -0.25) is 0 Å². The normalized spacial score (nSPS) is 15.0. The first kappa shape index (κ1) is 36.2. The second kappa shape index (κ2) is 30.4. The van der Waals surface area contributed by atoms with E-state index in [1.54, 1.807) is 0 Å². The molecule has 0 heterocycles. The number of halogens is 4. The molecule has 0 amide bonds. The minimum atomic E-state index is 0. The summed E-state index contributed by atoms with van der Waals surface area (Å²) in [4.78, 5) is 0. The maximum absolute atomic E-state index is 2.00. The molecule has 0 spiro atoms. The van der Waals surface area contributed by atoms with E-state index >= 15 is 0 Å². The summed E-state index contributed by atoms with van der Waals surface area (Å²) >= 11 is 0. The van der Waals surface area contributed by atoms with Crippen LogP contribution in [-0.4, -0.2) is 0 Å². The largest absolute Gasteiger partial charge is 3.00 e. The van der Waals surface area contributed by atoms with Gasteiger partial charge in [0.1, 0.15) is 0 Å². The van der Waals surface area contributed by atoms with Crippen LogP contribution in [0.4, 0.5) is 0 Å². The van der Waals surface area contributed by atoms with Gasteiger partial charge in [0.25, 0.3) is 0 Å². The van der Waals surface area contributed by atoms with Gasteiger partial charge >= 0.3 is 39.0 Å². The second-order valence-electron chi connectivity index (χ2n) is 1.92. The van der Waals surface area contributed by atoms with E-state index in [9.17, 15) is 0 Å². The summed E-state index contributed by atoms with van der Waals surface area (Å²) in [6.07, 6.45) is 20.0. The van der Waals surface area contributed by atoms with Crippen molar-refractivity contribution in [1.82, 2.24) is 0 Å². The van der Waals surface area contributed by atoms with Gasteiger partial charge in [0, 0.05) is 0 Å². The van der Waals surface area contributed by atoms with Gasteiger partial charge in [-0.1, -0.05) is 0 Å². The molecule has 0 unspecified atom stereocenters. The zero-order valence-electron chi connectivity index (χ0n) is 7.95. The minimum Gasteiger partial charge on any atom is -1.00 e. The predicted octanol–water partition coefficient (Wildman–Crippen LogP) is -9.95. The van der Waals surface area contributed by atoms with Crippen LogP contribution in [-0.2, 0) is 39.0 Å². The van der Waals surface area contributed by atoms with Crippen molar-refractivity contribution in [1.29, 1.82) is 0 Å². The van der Waals surface area contributed by atoms with Crippen LogP contribution in [0.15, 0.2) is 0 Å². The van der Waals surface area contributed by atoms with E-state index in [2.05, 4.69) is 0 Å². The molecule has 16 heavy (non-hydrogen) atoms. The Labute approximate surface area is 151 Å². The maximum Gasteiger partial charge on any atom is 3.00 e. The Kier molecular flexibility index (Phi) is 68.9. The minimum absolute atomic E-state index is 0. The molecule has 0 aromatic rings. The molecule has 10 radical (unpaired) electrons. The Hall–Kier alpha value is 2.41. The summed E-state index contributed by atoms with van der Waals surface area (Å²) in [5.74, 6) is 0. The van der Waals surface area contributed by atoms with Gasteiger partial charge in [0.2, 0.25) is 0 Å². The molecule has 0 aromatic carbocycles. The van der Waals surface area contributed by atoms with Gasteiger partial charge < -0.3 is 49.6 Å². The van der Waals surface area contributed by atoms with Crippen molar-refractivity contribution >= 4 is 0 Å². The van der Waals surface area contributed by atoms with Crippen LogP contribution >= 0.6 is 0 Å². The zero-order valence-corrected chi connectivity index (χ0v) is 14.3. The van der Waals surface area contributed by atoms with Crippen molar-refractivity contribution in [3.8, 4) is 0 Å². The van der Waals surface area contributed by atoms with Crippen LogP contribution in [0.25, 0.3) is 0 Å². The van der Waals surface area contributed by atoms with Gasteiger partial charge in [-0.05, 0) is 64.2 Å². The maximum atomic E-state index is 2.00. The van der Waals surface area contributed by atoms with Crippen molar-refractivity contribution in [2.45, 2.75) is 0 Å². The fourth-order valence-corrected chi connectivity index (χ4v) is 0.642. The third-order valence-corrected chi connectivity index (χ3v) is 1.11. The summed E-state index contributed by atoms with van der Waals surface area (Å²) in [5, 5.41) is 0. The van der Waals surface area contributed by atoms with E-state index in [4.69, 9.17) is 0 Å². The van der Waals surface area contributed by atoms with E-state index in [0.29, 0.717) is 0 Å². The number of rotatable bonds is 0. The molecule has 2 fully saturated rings. The van der Waals surface area contributed by atoms with Gasteiger partial charge in [-0.25, -0.2) is 0 Å². The van der Waals surface area contributed by atoms with Gasteiger partial charge in [0.15, 0.2) is 0 Å². The quantitative estimate of drug-likeness (QED) is 0.304. The molecule has 2 saturated carbocycles. The Morgan fingerprint density at radius 1 is 0.250 bits per heavy atom. The van der Waals surface area contributed by atoms with Crippen molar-refractivity contribution in [3.05, 3.63) is 64.2 Å². The number of hydrogen-bond acceptors (Lipinski definition) is 0. The molecule has 0 nitrogen and oxygen atoms in total. The van der Waals surface area contributed by atoms with Crippen LogP contribution in [0.1, 0.15) is 0 Å². The third-order valence-electron chi connectivity index (χ3n) is 1.11. The third kappa shape index (κ3) is 25.3. The van der Waals surface area contributed by atoms with Crippen LogP contribution < -0.4 is 49.6 Å². The average Bonchev–Trinajstić information content (AvgIpc) is 2.67. The van der Waals surface area contributed by atoms with E-state index in [1.165, 1.54) is 0 Å². The molecule has 2 aliphatic carbocycles. The van der Waals surface area contributed by atoms with Crippen molar-refractivity contribution in [2.24, 2.45) is 0 Å². The molecule has 2 rings (SSSR count). The second-order valence-corrected chi connectivity index (χ2v) is 1.92. The molecular weight excluding hydrogens is 468 g/mol. The Balaban J connectivity index is -0.0000000227. The van der Waals surface area contributed by atoms with Crippen LogP contribution in [0.3, 0.4) is 0 Å². The summed E-state index contributed by atoms with van der Waals surface area (Å²) in [6, 6.07) is 0. The van der Waals surface area contributed by atoms with E-state index in [0.717, 1.165) is 0 Å². The summed E-state index contributed by atoms with van der Waals surface area (Å²) in [6.45, 7) is 0. The SMILES string of the molecule is [CH]1[CH][CH][CH][CH]1.[CH]1[CH][CH][CH][CH]1.[Cl-].[Cl-].[Cl-].[Cl-].[Rh+3].[Rh+3]. The topological polar surface area (TPSA) is 0 Å². The molecule has 0 saturated heterocycles. The van der Waals surface area contributed by atoms with Gasteiger partial charge in [-0.2, -0.15) is 0 Å². The van der Waals surface area contributed by atoms with Crippen molar-refractivity contribution in [2.75, 3.05) is 0 Å². The van der Waals surface area contributed by atoms with Gasteiger partial charge in [0.05, 0.1) is 0 Å². The van der Waals surface area contributed by atoms with Gasteiger partial charge in [-0.15, -0.1) is 0 Å². The molecule has 0 N–H and O–H groups in total. The zero-order chi connectivity index (χ0) is 7.07. The summed E-state index contributed by atoms with van der Waals surface area (Å²) < 4.78 is 0. The van der Waals surface area contributed by atoms with Crippen molar-refractivity contribution < 1.29 is 88.6 Å². The molecule has 0 aliphatic heterocycles. The Morgan fingerprint density at radius 3 is 0.375 bits per heavy atom. The molecule has 2 aliphatic rings. The van der Waals surface area contributed by atoms with E-state index in [1.807, 2.05) is 64.2 Å². The predicted molar refractivity (Wildman–Crippen MR) is 43.0 cm³/mol. The molecule has 0 atom stereocenters. The summed E-state index contributed by atoms with van der Waals surface area (Å²) in [7, 11) is 0. The number of hydrogen-bond donors (Lipinski definition) is 0. The fraction of sp³-hybridized carbons (Fsp3) is 0. The Morgan fingerprint density at radius 2 is 0.312 bits per heavy atom. The first-order chi connectivity index (χ1) is 5.00. The first-order valence-corrected chi connectivity index (χ1v) is 3.33.